The molecule has 1 heterocycles. The number of amides is 1. The molecule has 0 radical (unpaired) electrons. The summed E-state index contributed by atoms with van der Waals surface area (Å²) in [6.45, 7) is 5.91. The SMILES string of the molecule is COc1ccc(S(=O)(=O)N2CCCCC2)cc1CCC(=O)NCCOc1cc(C)cc(C)c1. The molecule has 1 N–H and O–H groups in total. The van der Waals surface area contributed by atoms with Crippen LogP contribution in [-0.4, -0.2) is 52.0 Å². The van der Waals surface area contributed by atoms with Gasteiger partial charge < -0.3 is 14.8 Å². The maximum Gasteiger partial charge on any atom is 0.243 e. The zero-order valence-corrected chi connectivity index (χ0v) is 20.5. The molecule has 1 amide bonds. The second kappa shape index (κ2) is 11.5. The summed E-state index contributed by atoms with van der Waals surface area (Å²) >= 11 is 0. The van der Waals surface area contributed by atoms with E-state index in [4.69, 9.17) is 9.47 Å². The summed E-state index contributed by atoms with van der Waals surface area (Å²) in [5, 5.41) is 2.86. The summed E-state index contributed by atoms with van der Waals surface area (Å²) in [5.41, 5.74) is 2.97. The fourth-order valence-corrected chi connectivity index (χ4v) is 5.65. The van der Waals surface area contributed by atoms with E-state index in [9.17, 15) is 13.2 Å². The molecule has 7 nitrogen and oxygen atoms in total. The zero-order valence-electron chi connectivity index (χ0n) is 19.7. The number of sulfonamides is 1. The number of nitrogens with zero attached hydrogens (tertiary/aromatic N) is 1. The van der Waals surface area contributed by atoms with Crippen molar-refractivity contribution in [2.75, 3.05) is 33.4 Å². The number of rotatable bonds is 10. The average Bonchev–Trinajstić information content (AvgIpc) is 2.80. The van der Waals surface area contributed by atoms with Crippen molar-refractivity contribution in [3.8, 4) is 11.5 Å². The summed E-state index contributed by atoms with van der Waals surface area (Å²) in [6.07, 6.45) is 3.44. The molecule has 0 unspecified atom stereocenters. The predicted molar refractivity (Wildman–Crippen MR) is 128 cm³/mol. The highest BCUT2D eigenvalue weighted by molar-refractivity contribution is 7.89. The Labute approximate surface area is 197 Å². The number of piperidine rings is 1. The predicted octanol–water partition coefficient (Wildman–Crippen LogP) is 3.61. The Kier molecular flexibility index (Phi) is 8.74. The molecular weight excluding hydrogens is 440 g/mol. The van der Waals surface area contributed by atoms with E-state index in [1.807, 2.05) is 26.0 Å². The van der Waals surface area contributed by atoms with Gasteiger partial charge in [-0.05, 0) is 80.1 Å². The summed E-state index contributed by atoms with van der Waals surface area (Å²) < 4.78 is 38.7. The first kappa shape index (κ1) is 25.1. The van der Waals surface area contributed by atoms with E-state index in [1.165, 1.54) is 0 Å². The van der Waals surface area contributed by atoms with Crippen molar-refractivity contribution in [3.05, 3.63) is 53.1 Å². The quantitative estimate of drug-likeness (QED) is 0.532. The molecule has 1 fully saturated rings. The Balaban J connectivity index is 1.54. The van der Waals surface area contributed by atoms with E-state index < -0.39 is 10.0 Å². The van der Waals surface area contributed by atoms with Crippen LogP contribution in [0.15, 0.2) is 41.3 Å². The van der Waals surface area contributed by atoms with Crippen LogP contribution in [-0.2, 0) is 21.2 Å². The largest absolute Gasteiger partial charge is 0.496 e. The zero-order chi connectivity index (χ0) is 23.8. The number of carbonyl (C=O) groups is 1. The van der Waals surface area contributed by atoms with Crippen molar-refractivity contribution in [2.45, 2.75) is 50.8 Å². The monoisotopic (exact) mass is 474 g/mol. The molecular formula is C25H34N2O5S. The van der Waals surface area contributed by atoms with Gasteiger partial charge in [0.15, 0.2) is 0 Å². The smallest absolute Gasteiger partial charge is 0.243 e. The van der Waals surface area contributed by atoms with Crippen molar-refractivity contribution in [3.63, 3.8) is 0 Å². The normalized spacial score (nSPS) is 14.6. The van der Waals surface area contributed by atoms with Gasteiger partial charge in [-0.1, -0.05) is 12.5 Å². The molecule has 3 rings (SSSR count). The molecule has 0 bridgehead atoms. The maximum absolute atomic E-state index is 13.0. The molecule has 0 saturated carbocycles. The van der Waals surface area contributed by atoms with Gasteiger partial charge in [0.1, 0.15) is 18.1 Å². The number of hydrogen-bond acceptors (Lipinski definition) is 5. The number of ether oxygens (including phenoxy) is 2. The van der Waals surface area contributed by atoms with Crippen LogP contribution in [0.5, 0.6) is 11.5 Å². The van der Waals surface area contributed by atoms with Crippen LogP contribution in [0.3, 0.4) is 0 Å². The van der Waals surface area contributed by atoms with Gasteiger partial charge in [-0.15, -0.1) is 0 Å². The maximum atomic E-state index is 13.0. The standard InChI is InChI=1S/C25H34N2O5S/c1-19-15-20(2)17-22(16-19)32-14-11-26-25(28)10-7-21-18-23(8-9-24(21)31-3)33(29,30)27-12-5-4-6-13-27/h8-9,15-18H,4-7,10-14H2,1-3H3,(H,26,28). The van der Waals surface area contributed by atoms with Crippen molar-refractivity contribution in [1.29, 1.82) is 0 Å². The van der Waals surface area contributed by atoms with E-state index in [0.29, 0.717) is 44.0 Å². The van der Waals surface area contributed by atoms with E-state index in [1.54, 1.807) is 29.6 Å². The first-order valence-electron chi connectivity index (χ1n) is 11.4. The van der Waals surface area contributed by atoms with Crippen LogP contribution in [0.25, 0.3) is 0 Å². The summed E-state index contributed by atoms with van der Waals surface area (Å²) in [7, 11) is -1.99. The second-order valence-electron chi connectivity index (χ2n) is 8.46. The Morgan fingerprint density at radius 3 is 2.39 bits per heavy atom. The van der Waals surface area contributed by atoms with Crippen LogP contribution in [0, 0.1) is 13.8 Å². The highest BCUT2D eigenvalue weighted by Gasteiger charge is 2.26. The van der Waals surface area contributed by atoms with Crippen LogP contribution in [0.2, 0.25) is 0 Å². The lowest BCUT2D eigenvalue weighted by atomic mass is 10.1. The first-order chi connectivity index (χ1) is 15.8. The van der Waals surface area contributed by atoms with Crippen LogP contribution >= 0.6 is 0 Å². The van der Waals surface area contributed by atoms with Crippen LogP contribution < -0.4 is 14.8 Å². The van der Waals surface area contributed by atoms with Gasteiger partial charge in [-0.2, -0.15) is 4.31 Å². The number of aryl methyl sites for hydroxylation is 3. The highest BCUT2D eigenvalue weighted by Crippen LogP contribution is 2.27. The molecule has 2 aromatic rings. The van der Waals surface area contributed by atoms with Crippen molar-refractivity contribution in [1.82, 2.24) is 9.62 Å². The lowest BCUT2D eigenvalue weighted by molar-refractivity contribution is -0.121. The molecule has 0 spiro atoms. The van der Waals surface area contributed by atoms with E-state index in [-0.39, 0.29) is 17.2 Å². The van der Waals surface area contributed by atoms with Crippen LogP contribution in [0.4, 0.5) is 0 Å². The van der Waals surface area contributed by atoms with Gasteiger partial charge in [0, 0.05) is 19.5 Å². The summed E-state index contributed by atoms with van der Waals surface area (Å²) in [5.74, 6) is 1.25. The lowest BCUT2D eigenvalue weighted by Gasteiger charge is -2.26. The highest BCUT2D eigenvalue weighted by atomic mass is 32.2. The van der Waals surface area contributed by atoms with E-state index in [2.05, 4.69) is 11.4 Å². The molecule has 0 atom stereocenters. The topological polar surface area (TPSA) is 84.9 Å². The molecule has 8 heteroatoms. The number of carbonyl (C=O) groups excluding carboxylic acids is 1. The number of nitrogens with one attached hydrogen (secondary N) is 1. The molecule has 1 saturated heterocycles. The number of benzene rings is 2. The molecule has 2 aromatic carbocycles. The Morgan fingerprint density at radius 2 is 1.73 bits per heavy atom. The third-order valence-corrected chi connectivity index (χ3v) is 7.61. The van der Waals surface area contributed by atoms with Crippen molar-refractivity contribution < 1.29 is 22.7 Å². The van der Waals surface area contributed by atoms with Crippen molar-refractivity contribution >= 4 is 15.9 Å². The molecule has 0 aromatic heterocycles. The van der Waals surface area contributed by atoms with Crippen LogP contribution in [0.1, 0.15) is 42.4 Å². The number of hydrogen-bond donors (Lipinski definition) is 1. The average molecular weight is 475 g/mol. The summed E-state index contributed by atoms with van der Waals surface area (Å²) in [4.78, 5) is 12.6. The third kappa shape index (κ3) is 6.95. The molecule has 0 aliphatic carbocycles. The van der Waals surface area contributed by atoms with Gasteiger partial charge in [0.25, 0.3) is 0 Å². The second-order valence-corrected chi connectivity index (χ2v) is 10.4. The minimum Gasteiger partial charge on any atom is -0.496 e. The van der Waals surface area contributed by atoms with Gasteiger partial charge in [-0.3, -0.25) is 4.79 Å². The Bertz CT molecular complexity index is 1040. The Hall–Kier alpha value is -2.58. The lowest BCUT2D eigenvalue weighted by Crippen LogP contribution is -2.35. The van der Waals surface area contributed by atoms with Gasteiger partial charge in [0.2, 0.25) is 15.9 Å². The summed E-state index contributed by atoms with van der Waals surface area (Å²) in [6, 6.07) is 10.9. The van der Waals surface area contributed by atoms with Gasteiger partial charge >= 0.3 is 0 Å². The number of methoxy groups -OCH3 is 1. The van der Waals surface area contributed by atoms with Gasteiger partial charge in [0.05, 0.1) is 18.6 Å². The molecule has 1 aliphatic heterocycles. The first-order valence-corrected chi connectivity index (χ1v) is 12.9. The van der Waals surface area contributed by atoms with Crippen molar-refractivity contribution in [2.24, 2.45) is 0 Å². The fourth-order valence-electron chi connectivity index (χ4n) is 4.08. The molecule has 33 heavy (non-hydrogen) atoms. The van der Waals surface area contributed by atoms with E-state index in [0.717, 1.165) is 36.1 Å². The molecule has 180 valence electrons. The molecule has 1 aliphatic rings. The third-order valence-electron chi connectivity index (χ3n) is 5.71. The minimum absolute atomic E-state index is 0.120. The fraction of sp³-hybridized carbons (Fsp3) is 0.480. The van der Waals surface area contributed by atoms with Gasteiger partial charge in [-0.25, -0.2) is 8.42 Å². The Morgan fingerprint density at radius 1 is 1.03 bits per heavy atom. The van der Waals surface area contributed by atoms with E-state index >= 15 is 0 Å². The minimum atomic E-state index is -3.54.